The fourth-order valence-electron chi connectivity index (χ4n) is 5.16. The van der Waals surface area contributed by atoms with E-state index in [4.69, 9.17) is 0 Å². The van der Waals surface area contributed by atoms with Crippen molar-refractivity contribution in [1.82, 2.24) is 0 Å². The fourth-order valence-corrected chi connectivity index (χ4v) is 5.16. The molecule has 1 unspecified atom stereocenters. The summed E-state index contributed by atoms with van der Waals surface area (Å²) in [4.78, 5) is 12.9. The second-order valence-corrected chi connectivity index (χ2v) is 8.03. The molecule has 1 heteroatoms. The number of Topliss-reactive ketones (excluding diaryl/α,β-unsaturated/α-hetero) is 1. The number of carbonyl (C=O) groups is 1. The van der Waals surface area contributed by atoms with Gasteiger partial charge in [0.1, 0.15) is 0 Å². The number of hydrogen-bond donors (Lipinski definition) is 0. The van der Waals surface area contributed by atoms with Gasteiger partial charge in [-0.3, -0.25) is 4.79 Å². The van der Waals surface area contributed by atoms with Gasteiger partial charge in [0.05, 0.1) is 0 Å². The Morgan fingerprint density at radius 2 is 1.42 bits per heavy atom. The molecule has 2 aliphatic rings. The molecule has 3 aromatic carbocycles. The Morgan fingerprint density at radius 3 is 2.17 bits per heavy atom. The molecular weight excluding hydrogens is 292 g/mol. The standard InChI is InChI=1S/C23H20O/c1-22(2)14-23(19-10-6-5-9-18(19)22)13-21(24)17-11-15-7-3-4-8-16(15)12-20(17)23/h3-12H,13-14H2,1-2H3. The normalized spacial score (nSPS) is 23.7. The van der Waals surface area contributed by atoms with Crippen molar-refractivity contribution in [3.05, 3.63) is 82.9 Å². The van der Waals surface area contributed by atoms with Gasteiger partial charge in [-0.2, -0.15) is 0 Å². The first kappa shape index (κ1) is 14.0. The minimum Gasteiger partial charge on any atom is -0.294 e. The van der Waals surface area contributed by atoms with Crippen molar-refractivity contribution in [3.63, 3.8) is 0 Å². The van der Waals surface area contributed by atoms with Crippen molar-refractivity contribution in [2.45, 2.75) is 37.5 Å². The van der Waals surface area contributed by atoms with E-state index in [0.717, 1.165) is 17.4 Å². The second kappa shape index (κ2) is 4.36. The maximum atomic E-state index is 12.9. The van der Waals surface area contributed by atoms with Crippen LogP contribution < -0.4 is 0 Å². The summed E-state index contributed by atoms with van der Waals surface area (Å²) in [6.07, 6.45) is 1.62. The van der Waals surface area contributed by atoms with E-state index in [1.165, 1.54) is 22.1 Å². The van der Waals surface area contributed by atoms with Gasteiger partial charge in [0.25, 0.3) is 0 Å². The largest absolute Gasteiger partial charge is 0.294 e. The fraction of sp³-hybridized carbons (Fsp3) is 0.261. The Balaban J connectivity index is 1.85. The SMILES string of the molecule is CC1(C)CC2(CC(=O)c3cc4ccccc4cc32)c2ccccc21. The summed E-state index contributed by atoms with van der Waals surface area (Å²) in [5.41, 5.74) is 4.89. The summed E-state index contributed by atoms with van der Waals surface area (Å²) in [6.45, 7) is 4.62. The van der Waals surface area contributed by atoms with Crippen LogP contribution in [0.4, 0.5) is 0 Å². The Morgan fingerprint density at radius 1 is 0.792 bits per heavy atom. The van der Waals surface area contributed by atoms with Crippen LogP contribution in [0.15, 0.2) is 60.7 Å². The van der Waals surface area contributed by atoms with E-state index < -0.39 is 0 Å². The molecule has 1 spiro atoms. The summed E-state index contributed by atoms with van der Waals surface area (Å²) in [7, 11) is 0. The minimum absolute atomic E-state index is 0.101. The molecule has 0 fully saturated rings. The first-order chi connectivity index (χ1) is 11.5. The zero-order chi connectivity index (χ0) is 16.5. The molecule has 0 N–H and O–H groups in total. The predicted octanol–water partition coefficient (Wildman–Crippen LogP) is 5.39. The van der Waals surface area contributed by atoms with Crippen LogP contribution in [0.1, 0.15) is 53.7 Å². The summed E-state index contributed by atoms with van der Waals surface area (Å²) < 4.78 is 0. The molecule has 118 valence electrons. The molecule has 5 rings (SSSR count). The Labute approximate surface area is 142 Å². The van der Waals surface area contributed by atoms with Crippen LogP contribution in [0.5, 0.6) is 0 Å². The lowest BCUT2D eigenvalue weighted by molar-refractivity contribution is 0.0978. The Hall–Kier alpha value is -2.41. The lowest BCUT2D eigenvalue weighted by Crippen LogP contribution is -2.25. The quantitative estimate of drug-likeness (QED) is 0.543. The molecule has 0 amide bonds. The smallest absolute Gasteiger partial charge is 0.164 e. The maximum absolute atomic E-state index is 12.9. The highest BCUT2D eigenvalue weighted by Crippen LogP contribution is 2.58. The molecule has 1 nitrogen and oxygen atoms in total. The van der Waals surface area contributed by atoms with Crippen LogP contribution in [0, 0.1) is 0 Å². The van der Waals surface area contributed by atoms with Crippen LogP contribution in [-0.2, 0) is 10.8 Å². The lowest BCUT2D eigenvalue weighted by Gasteiger charge is -2.28. The van der Waals surface area contributed by atoms with E-state index in [1.807, 2.05) is 6.07 Å². The topological polar surface area (TPSA) is 17.1 Å². The van der Waals surface area contributed by atoms with Gasteiger partial charge in [-0.1, -0.05) is 62.4 Å². The number of hydrogen-bond acceptors (Lipinski definition) is 1. The second-order valence-electron chi connectivity index (χ2n) is 8.03. The molecule has 0 saturated carbocycles. The van der Waals surface area contributed by atoms with Crippen molar-refractivity contribution in [1.29, 1.82) is 0 Å². The molecule has 0 bridgehead atoms. The molecule has 3 aromatic rings. The van der Waals surface area contributed by atoms with Crippen molar-refractivity contribution < 1.29 is 4.79 Å². The van der Waals surface area contributed by atoms with E-state index in [9.17, 15) is 4.79 Å². The number of benzene rings is 3. The van der Waals surface area contributed by atoms with Crippen LogP contribution in [0.3, 0.4) is 0 Å². The molecule has 0 saturated heterocycles. The summed E-state index contributed by atoms with van der Waals surface area (Å²) in [5.74, 6) is 0.295. The van der Waals surface area contributed by atoms with E-state index in [-0.39, 0.29) is 10.8 Å². The van der Waals surface area contributed by atoms with Crippen LogP contribution in [0.2, 0.25) is 0 Å². The zero-order valence-corrected chi connectivity index (χ0v) is 14.1. The number of fused-ring (bicyclic) bond motifs is 5. The molecule has 0 aliphatic heterocycles. The van der Waals surface area contributed by atoms with Crippen molar-refractivity contribution >= 4 is 16.6 Å². The van der Waals surface area contributed by atoms with Gasteiger partial charge in [0.2, 0.25) is 0 Å². The highest BCUT2D eigenvalue weighted by molar-refractivity contribution is 6.06. The first-order valence-electron chi connectivity index (χ1n) is 8.68. The van der Waals surface area contributed by atoms with E-state index >= 15 is 0 Å². The van der Waals surface area contributed by atoms with Crippen molar-refractivity contribution in [3.8, 4) is 0 Å². The van der Waals surface area contributed by atoms with Gasteiger partial charge in [0, 0.05) is 17.4 Å². The lowest BCUT2D eigenvalue weighted by atomic mass is 9.74. The number of rotatable bonds is 0. The van der Waals surface area contributed by atoms with Crippen molar-refractivity contribution in [2.75, 3.05) is 0 Å². The van der Waals surface area contributed by atoms with Gasteiger partial charge in [-0.15, -0.1) is 0 Å². The van der Waals surface area contributed by atoms with E-state index in [1.54, 1.807) is 0 Å². The van der Waals surface area contributed by atoms with Crippen LogP contribution >= 0.6 is 0 Å². The maximum Gasteiger partial charge on any atom is 0.164 e. The van der Waals surface area contributed by atoms with E-state index in [2.05, 4.69) is 68.4 Å². The summed E-state index contributed by atoms with van der Waals surface area (Å²) in [6, 6.07) is 21.5. The number of carbonyl (C=O) groups excluding carboxylic acids is 1. The Bertz CT molecular complexity index is 1010. The zero-order valence-electron chi connectivity index (χ0n) is 14.1. The molecule has 0 radical (unpaired) electrons. The average Bonchev–Trinajstić information content (AvgIpc) is 2.98. The molecule has 0 aromatic heterocycles. The highest BCUT2D eigenvalue weighted by atomic mass is 16.1. The van der Waals surface area contributed by atoms with Crippen LogP contribution in [-0.4, -0.2) is 5.78 Å². The van der Waals surface area contributed by atoms with E-state index in [0.29, 0.717) is 12.2 Å². The van der Waals surface area contributed by atoms with Gasteiger partial charge >= 0.3 is 0 Å². The molecule has 24 heavy (non-hydrogen) atoms. The molecule has 1 atom stereocenters. The molecular formula is C23H20O. The monoisotopic (exact) mass is 312 g/mol. The highest BCUT2D eigenvalue weighted by Gasteiger charge is 2.53. The van der Waals surface area contributed by atoms with Gasteiger partial charge in [0.15, 0.2) is 5.78 Å². The number of ketones is 1. The predicted molar refractivity (Wildman–Crippen MR) is 97.8 cm³/mol. The summed E-state index contributed by atoms with van der Waals surface area (Å²) in [5, 5.41) is 2.39. The first-order valence-corrected chi connectivity index (χ1v) is 8.68. The molecule has 2 aliphatic carbocycles. The van der Waals surface area contributed by atoms with Crippen LogP contribution in [0.25, 0.3) is 10.8 Å². The third kappa shape index (κ3) is 1.62. The molecule has 0 heterocycles. The van der Waals surface area contributed by atoms with Gasteiger partial charge in [-0.25, -0.2) is 0 Å². The third-order valence-corrected chi connectivity index (χ3v) is 6.08. The van der Waals surface area contributed by atoms with Gasteiger partial charge < -0.3 is 0 Å². The Kier molecular flexibility index (Phi) is 2.54. The third-order valence-electron chi connectivity index (χ3n) is 6.08. The average molecular weight is 312 g/mol. The van der Waals surface area contributed by atoms with Gasteiger partial charge in [-0.05, 0) is 51.4 Å². The summed E-state index contributed by atoms with van der Waals surface area (Å²) >= 11 is 0. The minimum atomic E-state index is -0.142. The van der Waals surface area contributed by atoms with Crippen molar-refractivity contribution in [2.24, 2.45) is 0 Å².